The highest BCUT2D eigenvalue weighted by Crippen LogP contribution is 2.09. The van der Waals surface area contributed by atoms with E-state index in [9.17, 15) is 0 Å². The molecule has 0 bridgehead atoms. The lowest BCUT2D eigenvalue weighted by atomic mass is 10.3. The fourth-order valence-electron chi connectivity index (χ4n) is 1.41. The number of fused-ring (bicyclic) bond motifs is 1. The molecule has 0 unspecified atom stereocenters. The van der Waals surface area contributed by atoms with Gasteiger partial charge in [0.05, 0.1) is 11.4 Å². The maximum atomic E-state index is 5.60. The summed E-state index contributed by atoms with van der Waals surface area (Å²) in [7, 11) is 0. The van der Waals surface area contributed by atoms with Gasteiger partial charge in [-0.3, -0.25) is 5.10 Å². The third-order valence-electron chi connectivity index (χ3n) is 2.16. The first-order valence-electron chi connectivity index (χ1n) is 4.39. The van der Waals surface area contributed by atoms with Crippen LogP contribution in [0.15, 0.2) is 0 Å². The van der Waals surface area contributed by atoms with Crippen molar-refractivity contribution >= 4 is 5.78 Å². The molecule has 70 valence electrons. The standard InChI is InChI=1S/C8H13N5/c1-3-7-11-8-10-5(2)6(4-9)13(8)12-7/h3-4,9H2,1-2H3,(H,10,11,12). The number of aromatic nitrogens is 4. The SMILES string of the molecule is CCc1nc2nc(C)c(CN)n2[nH]1. The molecule has 0 fully saturated rings. The van der Waals surface area contributed by atoms with Crippen LogP contribution in [0.5, 0.6) is 0 Å². The number of nitrogens with zero attached hydrogens (tertiary/aromatic N) is 3. The molecular weight excluding hydrogens is 166 g/mol. The molecule has 0 aliphatic rings. The maximum Gasteiger partial charge on any atom is 0.251 e. The van der Waals surface area contributed by atoms with E-state index >= 15 is 0 Å². The van der Waals surface area contributed by atoms with E-state index in [1.807, 2.05) is 18.4 Å². The van der Waals surface area contributed by atoms with Gasteiger partial charge in [0.25, 0.3) is 5.78 Å². The summed E-state index contributed by atoms with van der Waals surface area (Å²) < 4.78 is 1.86. The van der Waals surface area contributed by atoms with Crippen LogP contribution < -0.4 is 5.73 Å². The van der Waals surface area contributed by atoms with Crippen LogP contribution >= 0.6 is 0 Å². The molecule has 0 saturated heterocycles. The normalized spacial score (nSPS) is 11.3. The minimum Gasteiger partial charge on any atom is -0.325 e. The van der Waals surface area contributed by atoms with Crippen molar-refractivity contribution in [2.75, 3.05) is 0 Å². The van der Waals surface area contributed by atoms with Gasteiger partial charge in [0.15, 0.2) is 0 Å². The van der Waals surface area contributed by atoms with E-state index in [1.165, 1.54) is 0 Å². The van der Waals surface area contributed by atoms with E-state index in [0.29, 0.717) is 6.54 Å². The molecular formula is C8H13N5. The predicted molar refractivity (Wildman–Crippen MR) is 49.3 cm³/mol. The molecule has 0 radical (unpaired) electrons. The molecule has 5 nitrogen and oxygen atoms in total. The quantitative estimate of drug-likeness (QED) is 0.700. The van der Waals surface area contributed by atoms with Gasteiger partial charge in [-0.05, 0) is 6.92 Å². The van der Waals surface area contributed by atoms with E-state index in [2.05, 4.69) is 15.1 Å². The third-order valence-corrected chi connectivity index (χ3v) is 2.16. The molecule has 0 aliphatic carbocycles. The average molecular weight is 179 g/mol. The predicted octanol–water partition coefficient (Wildman–Crippen LogP) is 0.387. The number of nitrogens with one attached hydrogen (secondary N) is 1. The molecule has 13 heavy (non-hydrogen) atoms. The lowest BCUT2D eigenvalue weighted by molar-refractivity contribution is 0.823. The summed E-state index contributed by atoms with van der Waals surface area (Å²) in [6.45, 7) is 4.47. The Kier molecular flexibility index (Phi) is 1.81. The smallest absolute Gasteiger partial charge is 0.251 e. The molecule has 2 aromatic heterocycles. The van der Waals surface area contributed by atoms with Crippen molar-refractivity contribution < 1.29 is 0 Å². The summed E-state index contributed by atoms with van der Waals surface area (Å²) in [6.07, 6.45) is 0.881. The second-order valence-electron chi connectivity index (χ2n) is 3.01. The Labute approximate surface area is 76.0 Å². The molecule has 2 aromatic rings. The van der Waals surface area contributed by atoms with Crippen molar-refractivity contribution in [3.05, 3.63) is 17.2 Å². The molecule has 0 aliphatic heterocycles. The van der Waals surface area contributed by atoms with Gasteiger partial charge in [-0.15, -0.1) is 0 Å². The maximum absolute atomic E-state index is 5.60. The van der Waals surface area contributed by atoms with Gasteiger partial charge in [-0.2, -0.15) is 4.98 Å². The molecule has 0 saturated carbocycles. The van der Waals surface area contributed by atoms with Crippen molar-refractivity contribution in [1.29, 1.82) is 0 Å². The summed E-state index contributed by atoms with van der Waals surface area (Å²) in [5.41, 5.74) is 7.55. The van der Waals surface area contributed by atoms with Gasteiger partial charge in [-0.1, -0.05) is 6.92 Å². The van der Waals surface area contributed by atoms with Crippen molar-refractivity contribution in [1.82, 2.24) is 19.6 Å². The first kappa shape index (κ1) is 8.25. The van der Waals surface area contributed by atoms with Crippen molar-refractivity contribution in [3.8, 4) is 0 Å². The first-order valence-corrected chi connectivity index (χ1v) is 4.39. The zero-order valence-electron chi connectivity index (χ0n) is 7.83. The number of hydrogen-bond acceptors (Lipinski definition) is 3. The van der Waals surface area contributed by atoms with Gasteiger partial charge >= 0.3 is 0 Å². The largest absolute Gasteiger partial charge is 0.325 e. The lowest BCUT2D eigenvalue weighted by Crippen LogP contribution is -2.03. The van der Waals surface area contributed by atoms with E-state index < -0.39 is 0 Å². The van der Waals surface area contributed by atoms with Crippen LogP contribution in [-0.2, 0) is 13.0 Å². The minimum atomic E-state index is 0.484. The Balaban J connectivity index is 2.66. The molecule has 3 N–H and O–H groups in total. The van der Waals surface area contributed by atoms with Gasteiger partial charge in [-0.25, -0.2) is 9.50 Å². The Hall–Kier alpha value is -1.36. The van der Waals surface area contributed by atoms with Crippen LogP contribution in [-0.4, -0.2) is 19.6 Å². The zero-order valence-corrected chi connectivity index (χ0v) is 7.83. The zero-order chi connectivity index (χ0) is 9.42. The second-order valence-corrected chi connectivity index (χ2v) is 3.01. The second kappa shape index (κ2) is 2.85. The highest BCUT2D eigenvalue weighted by molar-refractivity contribution is 5.34. The minimum absolute atomic E-state index is 0.484. The van der Waals surface area contributed by atoms with Crippen LogP contribution in [0.25, 0.3) is 5.78 Å². The number of hydrogen-bond donors (Lipinski definition) is 2. The lowest BCUT2D eigenvalue weighted by Gasteiger charge is -1.94. The van der Waals surface area contributed by atoms with Gasteiger partial charge in [0.2, 0.25) is 0 Å². The van der Waals surface area contributed by atoms with Crippen LogP contribution in [0.4, 0.5) is 0 Å². The Morgan fingerprint density at radius 2 is 2.23 bits per heavy atom. The average Bonchev–Trinajstić information content (AvgIpc) is 2.60. The molecule has 2 heterocycles. The van der Waals surface area contributed by atoms with Crippen molar-refractivity contribution in [2.24, 2.45) is 5.73 Å². The Morgan fingerprint density at radius 1 is 1.46 bits per heavy atom. The number of nitrogens with two attached hydrogens (primary N) is 1. The fraction of sp³-hybridized carbons (Fsp3) is 0.500. The van der Waals surface area contributed by atoms with Crippen LogP contribution in [0, 0.1) is 6.92 Å². The summed E-state index contributed by atoms with van der Waals surface area (Å²) in [5.74, 6) is 1.66. The van der Waals surface area contributed by atoms with Crippen molar-refractivity contribution in [2.45, 2.75) is 26.8 Å². The molecule has 0 spiro atoms. The van der Waals surface area contributed by atoms with Crippen LogP contribution in [0.1, 0.15) is 24.1 Å². The first-order chi connectivity index (χ1) is 6.26. The van der Waals surface area contributed by atoms with E-state index in [0.717, 1.165) is 29.4 Å². The van der Waals surface area contributed by atoms with Crippen molar-refractivity contribution in [3.63, 3.8) is 0 Å². The molecule has 2 rings (SSSR count). The fourth-order valence-corrected chi connectivity index (χ4v) is 1.41. The molecule has 0 aromatic carbocycles. The Morgan fingerprint density at radius 3 is 2.85 bits per heavy atom. The van der Waals surface area contributed by atoms with Crippen LogP contribution in [0.3, 0.4) is 0 Å². The number of rotatable bonds is 2. The van der Waals surface area contributed by atoms with Crippen LogP contribution in [0.2, 0.25) is 0 Å². The molecule has 0 atom stereocenters. The number of aryl methyl sites for hydroxylation is 2. The molecule has 0 amide bonds. The number of imidazole rings is 1. The van der Waals surface area contributed by atoms with E-state index in [-0.39, 0.29) is 0 Å². The third kappa shape index (κ3) is 1.12. The summed E-state index contributed by atoms with van der Waals surface area (Å²) in [4.78, 5) is 8.59. The van der Waals surface area contributed by atoms with Gasteiger partial charge in [0.1, 0.15) is 5.82 Å². The van der Waals surface area contributed by atoms with Gasteiger partial charge < -0.3 is 5.73 Å². The van der Waals surface area contributed by atoms with E-state index in [1.54, 1.807) is 0 Å². The highest BCUT2D eigenvalue weighted by Gasteiger charge is 2.10. The topological polar surface area (TPSA) is 72.0 Å². The monoisotopic (exact) mass is 179 g/mol. The Bertz CT molecular complexity index is 425. The summed E-state index contributed by atoms with van der Waals surface area (Å²) >= 11 is 0. The van der Waals surface area contributed by atoms with Gasteiger partial charge in [0, 0.05) is 13.0 Å². The highest BCUT2D eigenvalue weighted by atomic mass is 15.3. The number of H-pyrrole nitrogens is 1. The summed E-state index contributed by atoms with van der Waals surface area (Å²) in [5, 5.41) is 3.15. The molecule has 5 heteroatoms. The summed E-state index contributed by atoms with van der Waals surface area (Å²) in [6, 6.07) is 0. The number of aromatic amines is 1. The van der Waals surface area contributed by atoms with E-state index in [4.69, 9.17) is 5.73 Å².